The maximum Gasteiger partial charge on any atom is 0.326 e. The number of carbonyl (C=O) groups is 11. The Balaban J connectivity index is 1.26. The number of aromatic nitrogens is 1. The molecule has 2 aromatic carbocycles. The number of pyridine rings is 1. The van der Waals surface area contributed by atoms with Gasteiger partial charge in [0.05, 0.1) is 37.9 Å². The highest BCUT2D eigenvalue weighted by atomic mass is 16.4. The van der Waals surface area contributed by atoms with E-state index in [1.807, 2.05) is 30.3 Å². The van der Waals surface area contributed by atoms with E-state index in [1.54, 1.807) is 55.0 Å². The molecule has 1 aliphatic rings. The second-order valence-electron chi connectivity index (χ2n) is 20.3. The molecular weight excluding hydrogens is 1070 g/mol. The lowest BCUT2D eigenvalue weighted by Crippen LogP contribution is -2.52. The van der Waals surface area contributed by atoms with E-state index < -0.39 is 71.7 Å². The molecule has 26 heteroatoms. The topological polar surface area (TPSA) is 374 Å². The van der Waals surface area contributed by atoms with Gasteiger partial charge in [0.25, 0.3) is 0 Å². The smallest absolute Gasteiger partial charge is 0.326 e. The first kappa shape index (κ1) is 66.6. The second-order valence-corrected chi connectivity index (χ2v) is 20.3. The molecule has 448 valence electrons. The van der Waals surface area contributed by atoms with Gasteiger partial charge in [0.1, 0.15) is 12.1 Å². The Morgan fingerprint density at radius 3 is 1.71 bits per heavy atom. The summed E-state index contributed by atoms with van der Waals surface area (Å²) >= 11 is 0. The van der Waals surface area contributed by atoms with E-state index in [2.05, 4.69) is 20.9 Å². The van der Waals surface area contributed by atoms with E-state index in [9.17, 15) is 78.3 Å². The molecule has 2 heterocycles. The largest absolute Gasteiger partial charge is 0.481 e. The van der Waals surface area contributed by atoms with E-state index in [4.69, 9.17) is 5.11 Å². The summed E-state index contributed by atoms with van der Waals surface area (Å²) in [6.07, 6.45) is 3.46. The molecule has 9 N–H and O–H groups in total. The summed E-state index contributed by atoms with van der Waals surface area (Å²) < 4.78 is 0. The van der Waals surface area contributed by atoms with Crippen molar-refractivity contribution in [1.29, 1.82) is 0 Å². The number of rotatable bonds is 34. The zero-order chi connectivity index (χ0) is 60.1. The number of hydrogen-bond acceptors (Lipinski definition) is 16. The maximum atomic E-state index is 13.8. The van der Waals surface area contributed by atoms with Crippen LogP contribution in [-0.2, 0) is 56.2 Å². The van der Waals surface area contributed by atoms with E-state index >= 15 is 0 Å². The van der Waals surface area contributed by atoms with Crippen LogP contribution in [0, 0.1) is 0 Å². The van der Waals surface area contributed by atoms with E-state index in [-0.39, 0.29) is 148 Å². The first-order valence-corrected chi connectivity index (χ1v) is 27.4. The van der Waals surface area contributed by atoms with Crippen LogP contribution in [0.15, 0.2) is 60.8 Å². The average molecular weight is 1150 g/mol. The van der Waals surface area contributed by atoms with Crippen LogP contribution in [0.25, 0.3) is 10.8 Å². The fourth-order valence-electron chi connectivity index (χ4n) is 9.47. The monoisotopic (exact) mass is 1150 g/mol. The highest BCUT2D eigenvalue weighted by Gasteiger charge is 2.29. The number of urea groups is 1. The van der Waals surface area contributed by atoms with E-state index in [1.165, 1.54) is 6.92 Å². The summed E-state index contributed by atoms with van der Waals surface area (Å²) in [5, 5.41) is 66.9. The fourth-order valence-corrected chi connectivity index (χ4v) is 9.47. The van der Waals surface area contributed by atoms with Gasteiger partial charge in [0.15, 0.2) is 11.6 Å². The predicted octanol–water partition coefficient (Wildman–Crippen LogP) is 2.47. The number of benzene rings is 2. The van der Waals surface area contributed by atoms with Crippen LogP contribution >= 0.6 is 0 Å². The van der Waals surface area contributed by atoms with Gasteiger partial charge in [-0.1, -0.05) is 55.0 Å². The molecule has 4 rings (SSSR count). The lowest BCUT2D eigenvalue weighted by molar-refractivity contribution is -0.145. The molecular formula is C56H77N9O17. The number of unbranched alkanes of at least 4 members (excludes halogenated alkanes) is 3. The normalized spacial score (nSPS) is 15.1. The summed E-state index contributed by atoms with van der Waals surface area (Å²) in [4.78, 5) is 148. The Morgan fingerprint density at radius 1 is 0.573 bits per heavy atom. The standard InChI is InChI=1S/C56H77N9O17/c1-38(66)43(18-21-50(70)71)59-56(82)60-44(54(78)79)11-7-8-24-65(34-45-42-10-6-5-9-40(42)22-23-57-45)49(69)13-4-2-3-12-47(67)41-16-14-39(15-17-41)33-58-48(68)20-19-46(55(80)81)64-31-29-62(36-52(74)75)27-25-61(35-51(72)73)26-28-63(30-32-64)37-53(76)77/h5-6,9-10,14-17,22-23,43-44,46H,2-4,7-8,11-13,18-21,24-37H2,1H3,(H,58,68)(H,70,71)(H,72,73)(H,74,75)(H,76,77)(H,78,79)(H,80,81)(H2,59,60,82)/t43-,44-,46?/m1/s1. The third-order valence-electron chi connectivity index (χ3n) is 14.0. The van der Waals surface area contributed by atoms with Crippen molar-refractivity contribution in [3.05, 3.63) is 77.6 Å². The van der Waals surface area contributed by atoms with Crippen molar-refractivity contribution < 1.29 is 83.4 Å². The van der Waals surface area contributed by atoms with Gasteiger partial charge in [-0.05, 0) is 68.9 Å². The van der Waals surface area contributed by atoms with Crippen molar-refractivity contribution in [2.45, 2.75) is 115 Å². The third kappa shape index (κ3) is 24.8. The molecule has 3 aromatic rings. The number of amides is 4. The van der Waals surface area contributed by atoms with Crippen molar-refractivity contribution >= 4 is 76.0 Å². The molecule has 3 atom stereocenters. The van der Waals surface area contributed by atoms with Gasteiger partial charge in [-0.2, -0.15) is 0 Å². The molecule has 4 amide bonds. The first-order chi connectivity index (χ1) is 39.1. The van der Waals surface area contributed by atoms with Gasteiger partial charge in [-0.15, -0.1) is 0 Å². The number of nitrogens with one attached hydrogen (secondary N) is 3. The van der Waals surface area contributed by atoms with Crippen molar-refractivity contribution in [2.24, 2.45) is 0 Å². The first-order valence-electron chi connectivity index (χ1n) is 27.4. The quantitative estimate of drug-likeness (QED) is 0.0306. The van der Waals surface area contributed by atoms with Gasteiger partial charge in [-0.3, -0.25) is 67.7 Å². The number of fused-ring (bicyclic) bond motifs is 1. The molecule has 0 aliphatic carbocycles. The summed E-state index contributed by atoms with van der Waals surface area (Å²) in [5.74, 6) is -8.22. The van der Waals surface area contributed by atoms with Crippen LogP contribution in [0.1, 0.15) is 106 Å². The molecule has 1 saturated heterocycles. The highest BCUT2D eigenvalue weighted by molar-refractivity contribution is 5.96. The van der Waals surface area contributed by atoms with Crippen molar-refractivity contribution in [1.82, 2.24) is 45.4 Å². The van der Waals surface area contributed by atoms with Crippen LogP contribution in [0.5, 0.6) is 0 Å². The number of carbonyl (C=O) groups excluding carboxylic acids is 5. The molecule has 0 bridgehead atoms. The summed E-state index contributed by atoms with van der Waals surface area (Å²) in [7, 11) is 0. The van der Waals surface area contributed by atoms with Crippen molar-refractivity contribution in [2.75, 3.05) is 78.5 Å². The van der Waals surface area contributed by atoms with Crippen LogP contribution in [0.3, 0.4) is 0 Å². The van der Waals surface area contributed by atoms with Gasteiger partial charge in [0, 0.05) is 108 Å². The van der Waals surface area contributed by atoms with E-state index in [0.29, 0.717) is 48.9 Å². The Hall–Kier alpha value is -7.94. The molecule has 0 spiro atoms. The maximum absolute atomic E-state index is 13.8. The Bertz CT molecular complexity index is 2640. The Kier molecular flexibility index (Phi) is 28.4. The lowest BCUT2D eigenvalue weighted by Gasteiger charge is -2.35. The number of aliphatic carboxylic acids is 6. The second kappa shape index (κ2) is 35.0. The number of carboxylic acid groups (broad SMARTS) is 6. The van der Waals surface area contributed by atoms with Gasteiger partial charge in [-0.25, -0.2) is 9.59 Å². The van der Waals surface area contributed by atoms with Crippen LogP contribution < -0.4 is 16.0 Å². The van der Waals surface area contributed by atoms with Gasteiger partial charge >= 0.3 is 41.8 Å². The predicted molar refractivity (Wildman–Crippen MR) is 296 cm³/mol. The number of ketones is 2. The van der Waals surface area contributed by atoms with E-state index in [0.717, 1.165) is 10.8 Å². The number of Topliss-reactive ketones (excluding diaryl/α,β-unsaturated/α-hetero) is 2. The summed E-state index contributed by atoms with van der Waals surface area (Å²) in [5.41, 5.74) is 1.81. The number of carboxylic acids is 6. The van der Waals surface area contributed by atoms with Crippen molar-refractivity contribution in [3.8, 4) is 0 Å². The molecule has 82 heavy (non-hydrogen) atoms. The SMILES string of the molecule is CC(=O)[C@@H](CCC(=O)O)NC(=O)N[C@H](CCCCN(Cc1nccc2ccccc12)C(=O)CCCCCC(=O)c1ccc(CNC(=O)CCC(C(=O)O)N2CCN(CC(=O)O)CCN(CC(=O)O)CCN(CC(=O)O)CC2)cc1)C(=O)O. The van der Waals surface area contributed by atoms with Crippen molar-refractivity contribution in [3.63, 3.8) is 0 Å². The minimum Gasteiger partial charge on any atom is -0.481 e. The number of nitrogens with zero attached hydrogens (tertiary/aromatic N) is 6. The average Bonchev–Trinajstić information content (AvgIpc) is 3.44. The fraction of sp³-hybridized carbons (Fsp3) is 0.536. The molecule has 1 unspecified atom stereocenters. The molecule has 1 aromatic heterocycles. The zero-order valence-corrected chi connectivity index (χ0v) is 46.2. The number of hydrogen-bond donors (Lipinski definition) is 9. The summed E-state index contributed by atoms with van der Waals surface area (Å²) in [6.45, 7) is 1.67. The third-order valence-corrected chi connectivity index (χ3v) is 14.0. The Morgan fingerprint density at radius 2 is 1.15 bits per heavy atom. The molecule has 1 aliphatic heterocycles. The van der Waals surface area contributed by atoms with Gasteiger partial charge in [0.2, 0.25) is 11.8 Å². The molecule has 0 saturated carbocycles. The highest BCUT2D eigenvalue weighted by Crippen LogP contribution is 2.20. The van der Waals surface area contributed by atoms with Crippen LogP contribution in [-0.4, -0.2) is 222 Å². The van der Waals surface area contributed by atoms with Crippen LogP contribution in [0.2, 0.25) is 0 Å². The lowest BCUT2D eigenvalue weighted by atomic mass is 10.0. The Labute approximate surface area is 474 Å². The minimum atomic E-state index is -1.32. The molecule has 1 fully saturated rings. The zero-order valence-electron chi connectivity index (χ0n) is 46.2. The molecule has 0 radical (unpaired) electrons. The van der Waals surface area contributed by atoms with Gasteiger partial charge < -0.3 is 51.5 Å². The van der Waals surface area contributed by atoms with Crippen LogP contribution in [0.4, 0.5) is 4.79 Å². The summed E-state index contributed by atoms with van der Waals surface area (Å²) in [6, 6.07) is 11.6. The molecule has 26 nitrogen and oxygen atoms in total. The minimum absolute atomic E-state index is 0.00551.